The molecule has 0 unspecified atom stereocenters. The van der Waals surface area contributed by atoms with Crippen LogP contribution in [-0.4, -0.2) is 31.6 Å². The Hall–Kier alpha value is -0.640. The summed E-state index contributed by atoms with van der Waals surface area (Å²) in [5.41, 5.74) is 1.97. The molecule has 108 valence electrons. The molecule has 0 bridgehead atoms. The summed E-state index contributed by atoms with van der Waals surface area (Å²) in [7, 11) is 2.02. The Labute approximate surface area is 121 Å². The van der Waals surface area contributed by atoms with Crippen LogP contribution in [0.25, 0.3) is 0 Å². The van der Waals surface area contributed by atoms with E-state index in [0.717, 1.165) is 37.7 Å². The van der Waals surface area contributed by atoms with E-state index < -0.39 is 0 Å². The quantitative estimate of drug-likeness (QED) is 0.915. The average Bonchev–Trinajstić information content (AvgIpc) is 2.37. The molecule has 1 N–H and O–H groups in total. The minimum absolute atomic E-state index is 0. The Balaban J connectivity index is 0.00000180. The Kier molecular flexibility index (Phi) is 6.76. The smallest absolute Gasteiger partial charge is 0.126 e. The number of hydrogen-bond acceptors (Lipinski definition) is 2. The largest absolute Gasteiger partial charge is 0.319 e. The van der Waals surface area contributed by atoms with Crippen molar-refractivity contribution in [1.82, 2.24) is 10.2 Å². The summed E-state index contributed by atoms with van der Waals surface area (Å²) in [5.74, 6) is 0.715. The number of nitrogens with one attached hydrogen (secondary N) is 1. The van der Waals surface area contributed by atoms with E-state index in [1.807, 2.05) is 26.1 Å². The van der Waals surface area contributed by atoms with Crippen molar-refractivity contribution in [1.29, 1.82) is 0 Å². The van der Waals surface area contributed by atoms with Gasteiger partial charge in [0.15, 0.2) is 0 Å². The molecule has 19 heavy (non-hydrogen) atoms. The molecular formula is C15H24ClFN2. The van der Waals surface area contributed by atoms with Gasteiger partial charge in [0.1, 0.15) is 5.82 Å². The predicted octanol–water partition coefficient (Wildman–Crippen LogP) is 2.99. The molecule has 0 amide bonds. The van der Waals surface area contributed by atoms with Gasteiger partial charge in [-0.25, -0.2) is 4.39 Å². The van der Waals surface area contributed by atoms with Gasteiger partial charge < -0.3 is 5.32 Å². The molecule has 0 spiro atoms. The molecule has 2 nitrogen and oxygen atoms in total. The summed E-state index contributed by atoms with van der Waals surface area (Å²) in [4.78, 5) is 2.47. The molecule has 0 saturated carbocycles. The van der Waals surface area contributed by atoms with Crippen LogP contribution in [0.4, 0.5) is 4.39 Å². The number of piperidine rings is 1. The van der Waals surface area contributed by atoms with Gasteiger partial charge in [0.05, 0.1) is 0 Å². The number of halogens is 2. The van der Waals surface area contributed by atoms with Crippen LogP contribution in [0.3, 0.4) is 0 Å². The maximum absolute atomic E-state index is 13.2. The fraction of sp³-hybridized carbons (Fsp3) is 0.600. The van der Waals surface area contributed by atoms with Gasteiger partial charge in [0.25, 0.3) is 0 Å². The molecule has 1 heterocycles. The van der Waals surface area contributed by atoms with Gasteiger partial charge in [0, 0.05) is 6.54 Å². The summed E-state index contributed by atoms with van der Waals surface area (Å²) in [6, 6.07) is 5.45. The number of hydrogen-bond donors (Lipinski definition) is 1. The summed E-state index contributed by atoms with van der Waals surface area (Å²) in [5, 5.41) is 3.26. The van der Waals surface area contributed by atoms with Crippen molar-refractivity contribution >= 4 is 12.4 Å². The molecule has 0 atom stereocenters. The SMILES string of the molecule is CNCC1CCN(Cc2ccc(F)c(C)c2)CC1.Cl. The van der Waals surface area contributed by atoms with Crippen molar-refractivity contribution in [2.45, 2.75) is 26.3 Å². The van der Waals surface area contributed by atoms with E-state index in [9.17, 15) is 4.39 Å². The van der Waals surface area contributed by atoms with E-state index in [0.29, 0.717) is 0 Å². The Morgan fingerprint density at radius 2 is 2.00 bits per heavy atom. The molecule has 0 aromatic heterocycles. The van der Waals surface area contributed by atoms with Crippen molar-refractivity contribution < 1.29 is 4.39 Å². The third kappa shape index (κ3) is 4.75. The van der Waals surface area contributed by atoms with Gasteiger partial charge >= 0.3 is 0 Å². The topological polar surface area (TPSA) is 15.3 Å². The first-order valence-electron chi connectivity index (χ1n) is 6.81. The number of aryl methyl sites for hydroxylation is 1. The van der Waals surface area contributed by atoms with Crippen LogP contribution in [0, 0.1) is 18.7 Å². The van der Waals surface area contributed by atoms with Gasteiger partial charge in [-0.2, -0.15) is 0 Å². The minimum atomic E-state index is -0.105. The standard InChI is InChI=1S/C15H23FN2.ClH/c1-12-9-14(3-4-15(12)16)11-18-7-5-13(6-8-18)10-17-2;/h3-4,9,13,17H,5-8,10-11H2,1-2H3;1H. The molecule has 1 aliphatic rings. The van der Waals surface area contributed by atoms with E-state index in [1.54, 1.807) is 6.07 Å². The number of likely N-dealkylation sites (tertiary alicyclic amines) is 1. The van der Waals surface area contributed by atoms with Crippen LogP contribution in [0.1, 0.15) is 24.0 Å². The summed E-state index contributed by atoms with van der Waals surface area (Å²) >= 11 is 0. The number of rotatable bonds is 4. The molecule has 1 saturated heterocycles. The summed E-state index contributed by atoms with van der Waals surface area (Å²) < 4.78 is 13.2. The average molecular weight is 287 g/mol. The molecule has 2 rings (SSSR count). The van der Waals surface area contributed by atoms with Gasteiger partial charge in [-0.3, -0.25) is 4.90 Å². The highest BCUT2D eigenvalue weighted by molar-refractivity contribution is 5.85. The molecule has 0 aliphatic carbocycles. The van der Waals surface area contributed by atoms with Crippen LogP contribution in [0.15, 0.2) is 18.2 Å². The lowest BCUT2D eigenvalue weighted by atomic mass is 9.96. The lowest BCUT2D eigenvalue weighted by Crippen LogP contribution is -2.36. The minimum Gasteiger partial charge on any atom is -0.319 e. The highest BCUT2D eigenvalue weighted by Gasteiger charge is 2.18. The number of benzene rings is 1. The van der Waals surface area contributed by atoms with Crippen molar-refractivity contribution in [2.24, 2.45) is 5.92 Å². The summed E-state index contributed by atoms with van der Waals surface area (Å²) in [6.07, 6.45) is 2.53. The van der Waals surface area contributed by atoms with E-state index in [4.69, 9.17) is 0 Å². The highest BCUT2D eigenvalue weighted by atomic mass is 35.5. The van der Waals surface area contributed by atoms with Crippen molar-refractivity contribution in [3.8, 4) is 0 Å². The maximum Gasteiger partial charge on any atom is 0.126 e. The van der Waals surface area contributed by atoms with E-state index >= 15 is 0 Å². The third-order valence-electron chi connectivity index (χ3n) is 3.83. The van der Waals surface area contributed by atoms with E-state index in [1.165, 1.54) is 18.4 Å². The zero-order valence-corrected chi connectivity index (χ0v) is 12.6. The van der Waals surface area contributed by atoms with Crippen LogP contribution < -0.4 is 5.32 Å². The molecule has 1 fully saturated rings. The van der Waals surface area contributed by atoms with Crippen LogP contribution >= 0.6 is 12.4 Å². The Morgan fingerprint density at radius 1 is 1.32 bits per heavy atom. The monoisotopic (exact) mass is 286 g/mol. The zero-order valence-electron chi connectivity index (χ0n) is 11.8. The molecular weight excluding hydrogens is 263 g/mol. The maximum atomic E-state index is 13.2. The van der Waals surface area contributed by atoms with Crippen molar-refractivity contribution in [3.63, 3.8) is 0 Å². The summed E-state index contributed by atoms with van der Waals surface area (Å²) in [6.45, 7) is 6.22. The third-order valence-corrected chi connectivity index (χ3v) is 3.83. The van der Waals surface area contributed by atoms with Crippen LogP contribution in [0.5, 0.6) is 0 Å². The van der Waals surface area contributed by atoms with E-state index in [-0.39, 0.29) is 18.2 Å². The van der Waals surface area contributed by atoms with E-state index in [2.05, 4.69) is 10.2 Å². The first-order valence-corrected chi connectivity index (χ1v) is 6.81. The number of nitrogens with zero attached hydrogens (tertiary/aromatic N) is 1. The Bertz CT molecular complexity index is 390. The molecule has 4 heteroatoms. The molecule has 1 aromatic rings. The Morgan fingerprint density at radius 3 is 2.58 bits per heavy atom. The van der Waals surface area contributed by atoms with Gasteiger partial charge in [-0.15, -0.1) is 12.4 Å². The van der Waals surface area contributed by atoms with Crippen LogP contribution in [-0.2, 0) is 6.54 Å². The lowest BCUT2D eigenvalue weighted by Gasteiger charge is -2.31. The van der Waals surface area contributed by atoms with Gasteiger partial charge in [-0.05, 0) is 69.6 Å². The lowest BCUT2D eigenvalue weighted by molar-refractivity contribution is 0.176. The molecule has 0 radical (unpaired) electrons. The zero-order chi connectivity index (χ0) is 13.0. The molecule has 1 aromatic carbocycles. The normalized spacial score (nSPS) is 17.2. The molecule has 1 aliphatic heterocycles. The van der Waals surface area contributed by atoms with Gasteiger partial charge in [0.2, 0.25) is 0 Å². The van der Waals surface area contributed by atoms with Crippen molar-refractivity contribution in [3.05, 3.63) is 35.1 Å². The first-order chi connectivity index (χ1) is 8.69. The van der Waals surface area contributed by atoms with Crippen molar-refractivity contribution in [2.75, 3.05) is 26.7 Å². The van der Waals surface area contributed by atoms with Crippen LogP contribution in [0.2, 0.25) is 0 Å². The highest BCUT2D eigenvalue weighted by Crippen LogP contribution is 2.19. The first kappa shape index (κ1) is 16.4. The second-order valence-corrected chi connectivity index (χ2v) is 5.36. The van der Waals surface area contributed by atoms with Gasteiger partial charge in [-0.1, -0.05) is 12.1 Å². The fourth-order valence-electron chi connectivity index (χ4n) is 2.70. The second kappa shape index (κ2) is 7.83. The predicted molar refractivity (Wildman–Crippen MR) is 80.3 cm³/mol. The second-order valence-electron chi connectivity index (χ2n) is 5.36. The fourth-order valence-corrected chi connectivity index (χ4v) is 2.70.